The van der Waals surface area contributed by atoms with Crippen molar-refractivity contribution in [3.63, 3.8) is 0 Å². The first kappa shape index (κ1) is 18.6. The summed E-state index contributed by atoms with van der Waals surface area (Å²) in [6.07, 6.45) is -0.131. The minimum atomic E-state index is -4.05. The van der Waals surface area contributed by atoms with Gasteiger partial charge >= 0.3 is 0 Å². The maximum absolute atomic E-state index is 12.9. The van der Waals surface area contributed by atoms with E-state index < -0.39 is 26.0 Å². The lowest BCUT2D eigenvalue weighted by Crippen LogP contribution is -2.29. The molecule has 1 N–H and O–H groups in total. The molecule has 9 nitrogen and oxygen atoms in total. The summed E-state index contributed by atoms with van der Waals surface area (Å²) >= 11 is 0. The predicted molar refractivity (Wildman–Crippen MR) is 100 cm³/mol. The lowest BCUT2D eigenvalue weighted by atomic mass is 10.2. The number of hydrogen-bond donors (Lipinski definition) is 1. The number of hydrogen-bond acceptors (Lipinski definition) is 7. The molecule has 0 bridgehead atoms. The highest BCUT2D eigenvalue weighted by molar-refractivity contribution is 7.94. The number of benzene rings is 2. The number of ether oxygens (including phenoxy) is 2. The largest absolute Gasteiger partial charge is 0.454 e. The first-order chi connectivity index (χ1) is 13.2. The lowest BCUT2D eigenvalue weighted by Gasteiger charge is -2.17. The van der Waals surface area contributed by atoms with Gasteiger partial charge in [0.05, 0.1) is 22.0 Å². The van der Waals surface area contributed by atoms with Gasteiger partial charge in [0.15, 0.2) is 11.5 Å². The smallest absolute Gasteiger partial charge is 0.262 e. The summed E-state index contributed by atoms with van der Waals surface area (Å²) < 4.78 is 63.6. The Morgan fingerprint density at radius 3 is 2.54 bits per heavy atom. The van der Waals surface area contributed by atoms with Gasteiger partial charge in [-0.1, -0.05) is 6.07 Å². The Morgan fingerprint density at radius 1 is 1.07 bits per heavy atom. The van der Waals surface area contributed by atoms with Gasteiger partial charge in [0.2, 0.25) is 22.7 Å². The number of carbonyl (C=O) groups is 1. The zero-order chi connectivity index (χ0) is 20.1. The first-order valence-electron chi connectivity index (χ1n) is 8.26. The van der Waals surface area contributed by atoms with Crippen molar-refractivity contribution < 1.29 is 31.1 Å². The quantitative estimate of drug-likeness (QED) is 0.791. The van der Waals surface area contributed by atoms with E-state index in [0.717, 1.165) is 0 Å². The Balaban J connectivity index is 1.71. The topological polar surface area (TPSA) is 119 Å². The van der Waals surface area contributed by atoms with Crippen molar-refractivity contribution in [3.05, 3.63) is 42.0 Å². The minimum absolute atomic E-state index is 0.000776. The molecule has 1 fully saturated rings. The molecule has 0 spiro atoms. The molecule has 0 aliphatic carbocycles. The van der Waals surface area contributed by atoms with E-state index in [0.29, 0.717) is 21.4 Å². The summed E-state index contributed by atoms with van der Waals surface area (Å²) in [5, 5.41) is 0. The van der Waals surface area contributed by atoms with Gasteiger partial charge in [-0.15, -0.1) is 0 Å². The van der Waals surface area contributed by atoms with E-state index in [2.05, 4.69) is 4.72 Å². The van der Waals surface area contributed by atoms with E-state index >= 15 is 0 Å². The van der Waals surface area contributed by atoms with Crippen molar-refractivity contribution in [2.24, 2.45) is 0 Å². The average molecular weight is 424 g/mol. The summed E-state index contributed by atoms with van der Waals surface area (Å²) in [6.45, 7) is 1.64. The van der Waals surface area contributed by atoms with Crippen molar-refractivity contribution in [1.82, 2.24) is 0 Å². The van der Waals surface area contributed by atoms with E-state index in [4.69, 9.17) is 9.47 Å². The van der Waals surface area contributed by atoms with Crippen molar-refractivity contribution in [1.29, 1.82) is 0 Å². The van der Waals surface area contributed by atoms with Crippen LogP contribution in [0.3, 0.4) is 0 Å². The van der Waals surface area contributed by atoms with Crippen LogP contribution in [-0.4, -0.2) is 35.3 Å². The third-order valence-corrected chi connectivity index (χ3v) is 7.61. The molecule has 0 aromatic heterocycles. The molecular formula is C17H16N2O7S2. The molecule has 0 unspecified atom stereocenters. The normalized spacial score (nSPS) is 17.8. The predicted octanol–water partition coefficient (Wildman–Crippen LogP) is 1.59. The molecule has 0 radical (unpaired) electrons. The Hall–Kier alpha value is -2.79. The number of nitrogens with zero attached hydrogens (tertiary/aromatic N) is 1. The zero-order valence-corrected chi connectivity index (χ0v) is 16.3. The van der Waals surface area contributed by atoms with Gasteiger partial charge in [0.25, 0.3) is 10.0 Å². The number of aryl methyl sites for hydroxylation is 1. The van der Waals surface area contributed by atoms with Crippen molar-refractivity contribution in [2.75, 3.05) is 21.6 Å². The molecule has 2 aromatic carbocycles. The third kappa shape index (κ3) is 3.16. The molecule has 4 rings (SSSR count). The molecule has 2 aliphatic heterocycles. The van der Waals surface area contributed by atoms with Gasteiger partial charge in [0.1, 0.15) is 0 Å². The summed E-state index contributed by atoms with van der Waals surface area (Å²) in [4.78, 5) is 11.9. The number of sulfonamides is 2. The maximum atomic E-state index is 12.9. The second kappa shape index (κ2) is 6.38. The van der Waals surface area contributed by atoms with Gasteiger partial charge in [-0.2, -0.15) is 0 Å². The van der Waals surface area contributed by atoms with E-state index in [-0.39, 0.29) is 35.2 Å². The molecule has 2 heterocycles. The SMILES string of the molecule is Cc1ccc(N2C(=O)CCS2(=O)=O)cc1S(=O)(=O)Nc1ccc2c(c1)OCO2. The van der Waals surface area contributed by atoms with Crippen LogP contribution in [0.15, 0.2) is 41.3 Å². The van der Waals surface area contributed by atoms with Crippen LogP contribution in [-0.2, 0) is 24.8 Å². The minimum Gasteiger partial charge on any atom is -0.454 e. The molecule has 1 amide bonds. The van der Waals surface area contributed by atoms with Crippen LogP contribution in [0.4, 0.5) is 11.4 Å². The Morgan fingerprint density at radius 2 is 1.82 bits per heavy atom. The molecule has 28 heavy (non-hydrogen) atoms. The van der Waals surface area contributed by atoms with Gasteiger partial charge in [0, 0.05) is 12.5 Å². The van der Waals surface area contributed by atoms with Gasteiger partial charge < -0.3 is 9.47 Å². The standard InChI is InChI=1S/C17H16N2O7S2/c1-11-2-4-13(19-17(20)6-7-27(19,21)22)9-16(11)28(23,24)18-12-3-5-14-15(8-12)26-10-25-14/h2-5,8-9,18H,6-7,10H2,1H3. The van der Waals surface area contributed by atoms with Gasteiger partial charge in [-0.25, -0.2) is 21.1 Å². The maximum Gasteiger partial charge on any atom is 0.262 e. The highest BCUT2D eigenvalue weighted by Crippen LogP contribution is 2.35. The number of anilines is 2. The Kier molecular flexibility index (Phi) is 4.23. The number of amides is 1. The number of carbonyl (C=O) groups excluding carboxylic acids is 1. The van der Waals surface area contributed by atoms with E-state index in [1.54, 1.807) is 13.0 Å². The second-order valence-electron chi connectivity index (χ2n) is 6.35. The van der Waals surface area contributed by atoms with E-state index in [9.17, 15) is 21.6 Å². The summed E-state index contributed by atoms with van der Waals surface area (Å²) in [5.74, 6) is 0.0475. The first-order valence-corrected chi connectivity index (χ1v) is 11.4. The summed E-state index contributed by atoms with van der Waals surface area (Å²) in [5.41, 5.74) is 0.666. The fourth-order valence-corrected chi connectivity index (χ4v) is 5.81. The molecule has 1 saturated heterocycles. The van der Waals surface area contributed by atoms with Gasteiger partial charge in [-0.05, 0) is 36.8 Å². The average Bonchev–Trinajstić information content (AvgIpc) is 3.18. The van der Waals surface area contributed by atoms with Crippen molar-refractivity contribution in [3.8, 4) is 11.5 Å². The number of nitrogens with one attached hydrogen (secondary N) is 1. The third-order valence-electron chi connectivity index (χ3n) is 4.40. The van der Waals surface area contributed by atoms with Crippen LogP contribution in [0.2, 0.25) is 0 Å². The Bertz CT molecular complexity index is 1190. The molecule has 11 heteroatoms. The molecule has 148 valence electrons. The van der Waals surface area contributed by atoms with Gasteiger partial charge in [-0.3, -0.25) is 9.52 Å². The summed E-state index contributed by atoms with van der Waals surface area (Å²) in [6, 6.07) is 8.66. The fraction of sp³-hybridized carbons (Fsp3) is 0.235. The highest BCUT2D eigenvalue weighted by Gasteiger charge is 2.37. The molecule has 0 saturated carbocycles. The fourth-order valence-electron chi connectivity index (χ4n) is 3.04. The van der Waals surface area contributed by atoms with Crippen molar-refractivity contribution >= 4 is 37.3 Å². The molecule has 2 aliphatic rings. The molecular weight excluding hydrogens is 408 g/mol. The van der Waals surface area contributed by atoms with Crippen LogP contribution in [0.25, 0.3) is 0 Å². The zero-order valence-electron chi connectivity index (χ0n) is 14.7. The van der Waals surface area contributed by atoms with E-state index in [1.807, 2.05) is 0 Å². The molecule has 2 aromatic rings. The van der Waals surface area contributed by atoms with Crippen LogP contribution in [0.1, 0.15) is 12.0 Å². The summed E-state index contributed by atoms with van der Waals surface area (Å²) in [7, 11) is -7.84. The number of rotatable bonds is 4. The van der Waals surface area contributed by atoms with E-state index in [1.165, 1.54) is 30.3 Å². The molecule has 0 atom stereocenters. The monoisotopic (exact) mass is 424 g/mol. The Labute approximate surface area is 162 Å². The van der Waals surface area contributed by atoms with Crippen LogP contribution in [0, 0.1) is 6.92 Å². The highest BCUT2D eigenvalue weighted by atomic mass is 32.2. The van der Waals surface area contributed by atoms with Crippen LogP contribution in [0.5, 0.6) is 11.5 Å². The van der Waals surface area contributed by atoms with Crippen LogP contribution >= 0.6 is 0 Å². The van der Waals surface area contributed by atoms with Crippen molar-refractivity contribution in [2.45, 2.75) is 18.2 Å². The second-order valence-corrected chi connectivity index (χ2v) is 9.94. The lowest BCUT2D eigenvalue weighted by molar-refractivity contribution is -0.116. The number of fused-ring (bicyclic) bond motifs is 1. The van der Waals surface area contributed by atoms with Crippen LogP contribution < -0.4 is 18.5 Å².